The van der Waals surface area contributed by atoms with Gasteiger partial charge in [-0.15, -0.1) is 0 Å². The van der Waals surface area contributed by atoms with Gasteiger partial charge in [-0.25, -0.2) is 0 Å². The first-order valence-corrected chi connectivity index (χ1v) is 4.05. The van der Waals surface area contributed by atoms with Crippen LogP contribution in [0, 0.1) is 0 Å². The molecule has 1 aromatic heterocycles. The summed E-state index contributed by atoms with van der Waals surface area (Å²) in [5.41, 5.74) is 0.763. The van der Waals surface area contributed by atoms with Crippen molar-refractivity contribution in [3.8, 4) is 0 Å². The average molecular weight is 165 g/mol. The Morgan fingerprint density at radius 3 is 3.25 bits per heavy atom. The van der Waals surface area contributed by atoms with Crippen LogP contribution in [0.3, 0.4) is 0 Å². The standard InChI is InChI=1S/C9H11NO2/c1-10-4-2-9-7(3-5-12-9)8(11)6-10/h3,5H,2,4,6H2,1H3. The van der Waals surface area contributed by atoms with Gasteiger partial charge in [0.05, 0.1) is 18.4 Å². The van der Waals surface area contributed by atoms with Gasteiger partial charge in [-0.2, -0.15) is 0 Å². The third-order valence-electron chi connectivity index (χ3n) is 2.18. The molecule has 3 nitrogen and oxygen atoms in total. The number of likely N-dealkylation sites (N-methyl/N-ethyl adjacent to an activating group) is 1. The van der Waals surface area contributed by atoms with Gasteiger partial charge in [-0.1, -0.05) is 0 Å². The molecule has 12 heavy (non-hydrogen) atoms. The van der Waals surface area contributed by atoms with E-state index in [9.17, 15) is 4.79 Å². The molecule has 1 aliphatic rings. The van der Waals surface area contributed by atoms with Crippen molar-refractivity contribution in [1.82, 2.24) is 4.90 Å². The second kappa shape index (κ2) is 2.75. The number of carbonyl (C=O) groups is 1. The third-order valence-corrected chi connectivity index (χ3v) is 2.18. The molecule has 0 amide bonds. The van der Waals surface area contributed by atoms with E-state index in [1.165, 1.54) is 0 Å². The molecule has 0 bridgehead atoms. The molecule has 0 atom stereocenters. The third kappa shape index (κ3) is 1.16. The minimum absolute atomic E-state index is 0.166. The average Bonchev–Trinajstić information content (AvgIpc) is 2.43. The monoisotopic (exact) mass is 165 g/mol. The highest BCUT2D eigenvalue weighted by atomic mass is 16.3. The number of hydrogen-bond donors (Lipinski definition) is 0. The Morgan fingerprint density at radius 1 is 1.58 bits per heavy atom. The van der Waals surface area contributed by atoms with E-state index in [4.69, 9.17) is 4.42 Å². The molecule has 0 fully saturated rings. The van der Waals surface area contributed by atoms with Crippen LogP contribution >= 0.6 is 0 Å². The van der Waals surface area contributed by atoms with Crippen molar-refractivity contribution in [2.45, 2.75) is 6.42 Å². The molecule has 2 rings (SSSR count). The highest BCUT2D eigenvalue weighted by Gasteiger charge is 2.20. The quantitative estimate of drug-likeness (QED) is 0.574. The lowest BCUT2D eigenvalue weighted by Gasteiger charge is -2.09. The molecule has 3 heteroatoms. The van der Waals surface area contributed by atoms with Gasteiger partial charge in [0.15, 0.2) is 5.78 Å². The van der Waals surface area contributed by atoms with Crippen LogP contribution in [0.1, 0.15) is 16.1 Å². The van der Waals surface area contributed by atoms with Crippen molar-refractivity contribution in [3.05, 3.63) is 23.7 Å². The number of ketones is 1. The Hall–Kier alpha value is -1.09. The number of carbonyl (C=O) groups excluding carboxylic acids is 1. The molecule has 64 valence electrons. The van der Waals surface area contributed by atoms with Gasteiger partial charge in [-0.3, -0.25) is 9.69 Å². The van der Waals surface area contributed by atoms with Crippen molar-refractivity contribution in [2.24, 2.45) is 0 Å². The number of furan rings is 1. The Balaban J connectivity index is 2.35. The molecular weight excluding hydrogens is 154 g/mol. The molecule has 2 heterocycles. The van der Waals surface area contributed by atoms with E-state index in [2.05, 4.69) is 0 Å². The molecule has 0 aliphatic carbocycles. The summed E-state index contributed by atoms with van der Waals surface area (Å²) in [6.45, 7) is 1.40. The van der Waals surface area contributed by atoms with Gasteiger partial charge < -0.3 is 4.42 Å². The summed E-state index contributed by atoms with van der Waals surface area (Å²) in [6, 6.07) is 1.76. The van der Waals surface area contributed by atoms with Crippen LogP contribution in [-0.2, 0) is 6.42 Å². The largest absolute Gasteiger partial charge is 0.469 e. The zero-order valence-corrected chi connectivity index (χ0v) is 7.04. The van der Waals surface area contributed by atoms with E-state index in [1.807, 2.05) is 11.9 Å². The maximum absolute atomic E-state index is 11.5. The van der Waals surface area contributed by atoms with E-state index < -0.39 is 0 Å². The van der Waals surface area contributed by atoms with E-state index in [0.717, 1.165) is 24.3 Å². The smallest absolute Gasteiger partial charge is 0.180 e. The fourth-order valence-corrected chi connectivity index (χ4v) is 1.48. The van der Waals surface area contributed by atoms with Gasteiger partial charge in [-0.05, 0) is 13.1 Å². The SMILES string of the molecule is CN1CCc2occc2C(=O)C1. The zero-order valence-electron chi connectivity index (χ0n) is 7.04. The summed E-state index contributed by atoms with van der Waals surface area (Å²) in [4.78, 5) is 13.5. The molecule has 0 spiro atoms. The topological polar surface area (TPSA) is 33.5 Å². The second-order valence-electron chi connectivity index (χ2n) is 3.17. The van der Waals surface area contributed by atoms with Crippen LogP contribution in [0.2, 0.25) is 0 Å². The molecule has 0 saturated heterocycles. The molecule has 0 radical (unpaired) electrons. The molecule has 1 aliphatic heterocycles. The first-order valence-electron chi connectivity index (χ1n) is 4.05. The van der Waals surface area contributed by atoms with Gasteiger partial charge >= 0.3 is 0 Å². The predicted molar refractivity (Wildman–Crippen MR) is 44.2 cm³/mol. The van der Waals surface area contributed by atoms with Crippen LogP contribution in [0.4, 0.5) is 0 Å². The maximum atomic E-state index is 11.5. The first kappa shape index (κ1) is 7.55. The van der Waals surface area contributed by atoms with Gasteiger partial charge in [0, 0.05) is 13.0 Å². The molecule has 0 unspecified atom stereocenters. The van der Waals surface area contributed by atoms with Crippen LogP contribution in [-0.4, -0.2) is 30.8 Å². The number of fused-ring (bicyclic) bond motifs is 1. The number of nitrogens with zero attached hydrogens (tertiary/aromatic N) is 1. The summed E-state index contributed by atoms with van der Waals surface area (Å²) >= 11 is 0. The van der Waals surface area contributed by atoms with Crippen molar-refractivity contribution in [2.75, 3.05) is 20.1 Å². The highest BCUT2D eigenvalue weighted by molar-refractivity contribution is 5.98. The van der Waals surface area contributed by atoms with Crippen molar-refractivity contribution in [1.29, 1.82) is 0 Å². The van der Waals surface area contributed by atoms with E-state index in [1.54, 1.807) is 12.3 Å². The van der Waals surface area contributed by atoms with Crippen molar-refractivity contribution in [3.63, 3.8) is 0 Å². The minimum atomic E-state index is 0.166. The summed E-state index contributed by atoms with van der Waals surface area (Å²) in [5, 5.41) is 0. The van der Waals surface area contributed by atoms with E-state index in [-0.39, 0.29) is 5.78 Å². The lowest BCUT2D eigenvalue weighted by Crippen LogP contribution is -2.24. The fraction of sp³-hybridized carbons (Fsp3) is 0.444. The first-order chi connectivity index (χ1) is 5.77. The maximum Gasteiger partial charge on any atom is 0.180 e. The molecule has 1 aromatic rings. The molecule has 0 N–H and O–H groups in total. The predicted octanol–water partition coefficient (Wildman–Crippen LogP) is 0.950. The lowest BCUT2D eigenvalue weighted by atomic mass is 10.1. The van der Waals surface area contributed by atoms with Crippen molar-refractivity contribution < 1.29 is 9.21 Å². The number of hydrogen-bond acceptors (Lipinski definition) is 3. The van der Waals surface area contributed by atoms with Crippen molar-refractivity contribution >= 4 is 5.78 Å². The second-order valence-corrected chi connectivity index (χ2v) is 3.17. The Labute approximate surface area is 71.0 Å². The number of Topliss-reactive ketones (excluding diaryl/α,β-unsaturated/α-hetero) is 1. The zero-order chi connectivity index (χ0) is 8.55. The summed E-state index contributed by atoms with van der Waals surface area (Å²) in [5.74, 6) is 1.00. The van der Waals surface area contributed by atoms with Gasteiger partial charge in [0.2, 0.25) is 0 Å². The Bertz CT molecular complexity index is 303. The van der Waals surface area contributed by atoms with Crippen LogP contribution in [0.25, 0.3) is 0 Å². The summed E-state index contributed by atoms with van der Waals surface area (Å²) < 4.78 is 5.21. The van der Waals surface area contributed by atoms with Crippen LogP contribution in [0.5, 0.6) is 0 Å². The number of rotatable bonds is 0. The molecule has 0 aromatic carbocycles. The minimum Gasteiger partial charge on any atom is -0.469 e. The normalized spacial score (nSPS) is 18.9. The Morgan fingerprint density at radius 2 is 2.42 bits per heavy atom. The molecular formula is C9H11NO2. The summed E-state index contributed by atoms with van der Waals surface area (Å²) in [7, 11) is 1.95. The van der Waals surface area contributed by atoms with Gasteiger partial charge in [0.1, 0.15) is 5.76 Å². The van der Waals surface area contributed by atoms with Gasteiger partial charge in [0.25, 0.3) is 0 Å². The highest BCUT2D eigenvalue weighted by Crippen LogP contribution is 2.15. The summed E-state index contributed by atoms with van der Waals surface area (Å²) in [6.07, 6.45) is 2.43. The van der Waals surface area contributed by atoms with E-state index >= 15 is 0 Å². The molecule has 0 saturated carbocycles. The lowest BCUT2D eigenvalue weighted by molar-refractivity contribution is 0.0954. The van der Waals surface area contributed by atoms with E-state index in [0.29, 0.717) is 6.54 Å². The van der Waals surface area contributed by atoms with Crippen LogP contribution < -0.4 is 0 Å². The Kier molecular flexibility index (Phi) is 1.73. The fourth-order valence-electron chi connectivity index (χ4n) is 1.48. The van der Waals surface area contributed by atoms with Crippen LogP contribution in [0.15, 0.2) is 16.7 Å².